The highest BCUT2D eigenvalue weighted by atomic mass is 16.5. The van der Waals surface area contributed by atoms with Gasteiger partial charge >= 0.3 is 0 Å². The summed E-state index contributed by atoms with van der Waals surface area (Å²) >= 11 is 0. The molecule has 1 saturated heterocycles. The maximum Gasteiger partial charge on any atom is 0.158 e. The van der Waals surface area contributed by atoms with Gasteiger partial charge < -0.3 is 10.1 Å². The molecule has 0 amide bonds. The van der Waals surface area contributed by atoms with Gasteiger partial charge in [-0.05, 0) is 44.7 Å². The molecule has 1 fully saturated rings. The fourth-order valence-electron chi connectivity index (χ4n) is 1.94. The summed E-state index contributed by atoms with van der Waals surface area (Å²) in [5.41, 5.74) is 0. The van der Waals surface area contributed by atoms with E-state index in [1.54, 1.807) is 0 Å². The van der Waals surface area contributed by atoms with Crippen molar-refractivity contribution in [2.75, 3.05) is 26.3 Å². The van der Waals surface area contributed by atoms with Gasteiger partial charge in [-0.15, -0.1) is 0 Å². The SMILES string of the molecule is CCCOCC(=O)CCC1CCCNC1. The third-order valence-electron chi connectivity index (χ3n) is 2.84. The second kappa shape index (κ2) is 7.83. The van der Waals surface area contributed by atoms with E-state index in [1.165, 1.54) is 12.8 Å². The lowest BCUT2D eigenvalue weighted by atomic mass is 9.94. The lowest BCUT2D eigenvalue weighted by molar-refractivity contribution is -0.123. The molecule has 1 aliphatic heterocycles. The molecule has 0 spiro atoms. The minimum Gasteiger partial charge on any atom is -0.374 e. The molecular weight excluding hydrogens is 190 g/mol. The first-order valence-electron chi connectivity index (χ1n) is 6.13. The Morgan fingerprint density at radius 1 is 1.53 bits per heavy atom. The Balaban J connectivity index is 2.00. The first-order valence-corrected chi connectivity index (χ1v) is 6.13. The summed E-state index contributed by atoms with van der Waals surface area (Å²) in [4.78, 5) is 11.4. The molecule has 3 heteroatoms. The first-order chi connectivity index (χ1) is 7.33. The maximum atomic E-state index is 11.4. The number of ketones is 1. The average Bonchev–Trinajstić information content (AvgIpc) is 2.28. The summed E-state index contributed by atoms with van der Waals surface area (Å²) in [6.07, 6.45) is 5.23. The normalized spacial score (nSPS) is 21.5. The average molecular weight is 213 g/mol. The molecule has 3 nitrogen and oxygen atoms in total. The summed E-state index contributed by atoms with van der Waals surface area (Å²) < 4.78 is 5.22. The van der Waals surface area contributed by atoms with Gasteiger partial charge in [0.1, 0.15) is 6.61 Å². The quantitative estimate of drug-likeness (QED) is 0.655. The Bertz CT molecular complexity index is 176. The predicted molar refractivity (Wildman–Crippen MR) is 60.9 cm³/mol. The number of ether oxygens (including phenoxy) is 1. The van der Waals surface area contributed by atoms with Crippen LogP contribution in [0.3, 0.4) is 0 Å². The van der Waals surface area contributed by atoms with E-state index >= 15 is 0 Å². The van der Waals surface area contributed by atoms with Crippen molar-refractivity contribution >= 4 is 5.78 Å². The van der Waals surface area contributed by atoms with Crippen LogP contribution in [0.5, 0.6) is 0 Å². The van der Waals surface area contributed by atoms with Gasteiger partial charge in [-0.25, -0.2) is 0 Å². The van der Waals surface area contributed by atoms with Gasteiger partial charge in [0.25, 0.3) is 0 Å². The molecule has 0 saturated carbocycles. The third kappa shape index (κ3) is 5.90. The molecule has 0 aliphatic carbocycles. The Kier molecular flexibility index (Phi) is 6.60. The third-order valence-corrected chi connectivity index (χ3v) is 2.84. The van der Waals surface area contributed by atoms with Crippen molar-refractivity contribution in [3.05, 3.63) is 0 Å². The van der Waals surface area contributed by atoms with Crippen molar-refractivity contribution in [3.8, 4) is 0 Å². The zero-order valence-electron chi connectivity index (χ0n) is 9.76. The van der Waals surface area contributed by atoms with Gasteiger partial charge in [-0.3, -0.25) is 4.79 Å². The van der Waals surface area contributed by atoms with Gasteiger partial charge in [0, 0.05) is 13.0 Å². The molecule has 1 unspecified atom stereocenters. The van der Waals surface area contributed by atoms with Crippen molar-refractivity contribution in [3.63, 3.8) is 0 Å². The molecule has 1 rings (SSSR count). The molecule has 0 aromatic carbocycles. The number of piperidine rings is 1. The van der Waals surface area contributed by atoms with Crippen molar-refractivity contribution in [1.82, 2.24) is 5.32 Å². The topological polar surface area (TPSA) is 38.3 Å². The summed E-state index contributed by atoms with van der Waals surface area (Å²) in [5.74, 6) is 0.961. The van der Waals surface area contributed by atoms with Crippen LogP contribution in [0.25, 0.3) is 0 Å². The maximum absolute atomic E-state index is 11.4. The second-order valence-corrected chi connectivity index (χ2v) is 4.34. The molecule has 88 valence electrons. The van der Waals surface area contributed by atoms with Gasteiger partial charge in [0.05, 0.1) is 0 Å². The van der Waals surface area contributed by atoms with E-state index in [1.807, 2.05) is 0 Å². The van der Waals surface area contributed by atoms with Crippen LogP contribution in [0, 0.1) is 5.92 Å². The Morgan fingerprint density at radius 3 is 3.07 bits per heavy atom. The van der Waals surface area contributed by atoms with Crippen molar-refractivity contribution in [2.24, 2.45) is 5.92 Å². The number of Topliss-reactive ketones (excluding diaryl/α,β-unsaturated/α-hetero) is 1. The van der Waals surface area contributed by atoms with Gasteiger partial charge in [0.2, 0.25) is 0 Å². The molecule has 0 bridgehead atoms. The predicted octanol–water partition coefficient (Wildman–Crippen LogP) is 1.76. The largest absolute Gasteiger partial charge is 0.374 e. The number of carbonyl (C=O) groups excluding carboxylic acids is 1. The standard InChI is InChI=1S/C12H23NO2/c1-2-8-15-10-12(14)6-5-11-4-3-7-13-9-11/h11,13H,2-10H2,1H3. The Labute approximate surface area is 92.6 Å². The van der Waals surface area contributed by atoms with Crippen LogP contribution in [0.1, 0.15) is 39.0 Å². The number of rotatable bonds is 7. The van der Waals surface area contributed by atoms with Crippen LogP contribution in [-0.4, -0.2) is 32.1 Å². The van der Waals surface area contributed by atoms with Crippen molar-refractivity contribution in [1.29, 1.82) is 0 Å². The molecule has 0 aromatic heterocycles. The number of hydrogen-bond acceptors (Lipinski definition) is 3. The van der Waals surface area contributed by atoms with Crippen LogP contribution >= 0.6 is 0 Å². The Hall–Kier alpha value is -0.410. The van der Waals surface area contributed by atoms with E-state index in [2.05, 4.69) is 12.2 Å². The minimum absolute atomic E-state index is 0.258. The summed E-state index contributed by atoms with van der Waals surface area (Å²) in [5, 5.41) is 3.37. The van der Waals surface area contributed by atoms with E-state index in [4.69, 9.17) is 4.74 Å². The van der Waals surface area contributed by atoms with Crippen LogP contribution in [0.2, 0.25) is 0 Å². The van der Waals surface area contributed by atoms with E-state index in [0.29, 0.717) is 25.6 Å². The molecular formula is C12H23NO2. The number of carbonyl (C=O) groups is 1. The lowest BCUT2D eigenvalue weighted by Crippen LogP contribution is -2.30. The molecule has 0 aromatic rings. The highest BCUT2D eigenvalue weighted by Gasteiger charge is 2.14. The fraction of sp³-hybridized carbons (Fsp3) is 0.917. The van der Waals surface area contributed by atoms with Crippen molar-refractivity contribution < 1.29 is 9.53 Å². The zero-order valence-corrected chi connectivity index (χ0v) is 9.76. The first kappa shape index (κ1) is 12.7. The van der Waals surface area contributed by atoms with E-state index < -0.39 is 0 Å². The van der Waals surface area contributed by atoms with Gasteiger partial charge in [-0.1, -0.05) is 6.92 Å². The molecule has 15 heavy (non-hydrogen) atoms. The molecule has 1 N–H and O–H groups in total. The van der Waals surface area contributed by atoms with Gasteiger partial charge in [0.15, 0.2) is 5.78 Å². The zero-order chi connectivity index (χ0) is 10.9. The van der Waals surface area contributed by atoms with Gasteiger partial charge in [-0.2, -0.15) is 0 Å². The number of hydrogen-bond donors (Lipinski definition) is 1. The summed E-state index contributed by atoms with van der Waals surface area (Å²) in [6, 6.07) is 0. The summed E-state index contributed by atoms with van der Waals surface area (Å²) in [7, 11) is 0. The highest BCUT2D eigenvalue weighted by molar-refractivity contribution is 5.79. The lowest BCUT2D eigenvalue weighted by Gasteiger charge is -2.22. The minimum atomic E-state index is 0.258. The monoisotopic (exact) mass is 213 g/mol. The van der Waals surface area contributed by atoms with E-state index in [-0.39, 0.29) is 5.78 Å². The second-order valence-electron chi connectivity index (χ2n) is 4.34. The highest BCUT2D eigenvalue weighted by Crippen LogP contribution is 2.15. The molecule has 0 radical (unpaired) electrons. The Morgan fingerprint density at radius 2 is 2.40 bits per heavy atom. The van der Waals surface area contributed by atoms with Crippen LogP contribution in [0.4, 0.5) is 0 Å². The molecule has 1 aliphatic rings. The summed E-state index contributed by atoms with van der Waals surface area (Å²) in [6.45, 7) is 5.30. The fourth-order valence-corrected chi connectivity index (χ4v) is 1.94. The van der Waals surface area contributed by atoms with E-state index in [0.717, 1.165) is 25.9 Å². The van der Waals surface area contributed by atoms with E-state index in [9.17, 15) is 4.79 Å². The van der Waals surface area contributed by atoms with Crippen LogP contribution < -0.4 is 5.32 Å². The molecule has 1 atom stereocenters. The van der Waals surface area contributed by atoms with Crippen LogP contribution in [-0.2, 0) is 9.53 Å². The number of nitrogens with one attached hydrogen (secondary N) is 1. The smallest absolute Gasteiger partial charge is 0.158 e. The van der Waals surface area contributed by atoms with Crippen molar-refractivity contribution in [2.45, 2.75) is 39.0 Å². The molecule has 1 heterocycles. The van der Waals surface area contributed by atoms with Crippen LogP contribution in [0.15, 0.2) is 0 Å².